The van der Waals surface area contributed by atoms with Crippen molar-refractivity contribution in [3.63, 3.8) is 0 Å². The molecule has 1 saturated carbocycles. The molecular weight excluding hydrogens is 252 g/mol. The lowest BCUT2D eigenvalue weighted by atomic mass is 9.87. The molecule has 0 radical (unpaired) electrons. The van der Waals surface area contributed by atoms with Crippen molar-refractivity contribution in [2.45, 2.75) is 71.4 Å². The Kier molecular flexibility index (Phi) is 5.06. The molecule has 20 heavy (non-hydrogen) atoms. The minimum absolute atomic E-state index is 0.0299. The van der Waals surface area contributed by atoms with Crippen LogP contribution in [0.3, 0.4) is 0 Å². The fourth-order valence-electron chi connectivity index (χ4n) is 3.59. The molecule has 1 saturated heterocycles. The van der Waals surface area contributed by atoms with Gasteiger partial charge in [-0.2, -0.15) is 0 Å². The number of hydrogen-bond acceptors (Lipinski definition) is 2. The van der Waals surface area contributed by atoms with Crippen LogP contribution in [0.1, 0.15) is 59.3 Å². The summed E-state index contributed by atoms with van der Waals surface area (Å²) in [6.07, 6.45) is 6.93. The normalized spacial score (nSPS) is 28.9. The van der Waals surface area contributed by atoms with Crippen molar-refractivity contribution in [3.05, 3.63) is 0 Å². The highest BCUT2D eigenvalue weighted by Gasteiger charge is 2.41. The molecule has 2 rings (SSSR count). The summed E-state index contributed by atoms with van der Waals surface area (Å²) >= 11 is 0. The molecule has 4 nitrogen and oxygen atoms in total. The first-order valence-corrected chi connectivity index (χ1v) is 8.15. The van der Waals surface area contributed by atoms with E-state index in [0.29, 0.717) is 12.3 Å². The quantitative estimate of drug-likeness (QED) is 0.859. The third-order valence-corrected chi connectivity index (χ3v) is 4.72. The highest BCUT2D eigenvalue weighted by Crippen LogP contribution is 2.27. The Hall–Kier alpha value is -1.06. The summed E-state index contributed by atoms with van der Waals surface area (Å²) in [6.45, 7) is 6.78. The number of carbonyl (C=O) groups is 2. The number of amides is 2. The van der Waals surface area contributed by atoms with Crippen molar-refractivity contribution in [3.8, 4) is 0 Å². The molecule has 4 heteroatoms. The fourth-order valence-corrected chi connectivity index (χ4v) is 3.59. The van der Waals surface area contributed by atoms with Gasteiger partial charge in [0, 0.05) is 6.54 Å². The van der Waals surface area contributed by atoms with Gasteiger partial charge in [-0.25, -0.2) is 0 Å². The third kappa shape index (κ3) is 3.15. The lowest BCUT2D eigenvalue weighted by molar-refractivity contribution is -0.152. The zero-order valence-corrected chi connectivity index (χ0v) is 13.0. The Morgan fingerprint density at radius 2 is 1.85 bits per heavy atom. The van der Waals surface area contributed by atoms with Crippen LogP contribution in [-0.4, -0.2) is 35.3 Å². The summed E-state index contributed by atoms with van der Waals surface area (Å²) in [6, 6.07) is -0.603. The fraction of sp³-hybridized carbons (Fsp3) is 0.875. The maximum atomic E-state index is 12.6. The molecule has 0 bridgehead atoms. The van der Waals surface area contributed by atoms with Gasteiger partial charge in [0.25, 0.3) is 0 Å². The zero-order valence-electron chi connectivity index (χ0n) is 13.0. The number of hydrogen-bond donors (Lipinski definition) is 1. The van der Waals surface area contributed by atoms with Crippen LogP contribution in [-0.2, 0) is 9.59 Å². The highest BCUT2D eigenvalue weighted by molar-refractivity contribution is 5.97. The second-order valence-corrected chi connectivity index (χ2v) is 6.65. The van der Waals surface area contributed by atoms with E-state index in [9.17, 15) is 9.59 Å². The van der Waals surface area contributed by atoms with Gasteiger partial charge in [-0.15, -0.1) is 0 Å². The number of piperazine rings is 1. The summed E-state index contributed by atoms with van der Waals surface area (Å²) < 4.78 is 0. The smallest absolute Gasteiger partial charge is 0.245 e. The molecule has 2 amide bonds. The number of nitrogens with one attached hydrogen (secondary N) is 1. The molecule has 2 unspecified atom stereocenters. The van der Waals surface area contributed by atoms with Crippen molar-refractivity contribution in [1.29, 1.82) is 0 Å². The average molecular weight is 280 g/mol. The lowest BCUT2D eigenvalue weighted by Crippen LogP contribution is -2.65. The molecule has 1 N–H and O–H groups in total. The summed E-state index contributed by atoms with van der Waals surface area (Å²) in [5, 5.41) is 2.88. The first-order chi connectivity index (χ1) is 9.54. The largest absolute Gasteiger partial charge is 0.343 e. The zero-order chi connectivity index (χ0) is 14.7. The maximum absolute atomic E-state index is 12.6. The Labute approximate surface area is 122 Å². The van der Waals surface area contributed by atoms with Crippen LogP contribution in [0.25, 0.3) is 0 Å². The van der Waals surface area contributed by atoms with Gasteiger partial charge in [-0.05, 0) is 31.1 Å². The monoisotopic (exact) mass is 280 g/mol. The Morgan fingerprint density at radius 1 is 1.20 bits per heavy atom. The van der Waals surface area contributed by atoms with Crippen molar-refractivity contribution in [2.24, 2.45) is 11.8 Å². The van der Waals surface area contributed by atoms with E-state index in [4.69, 9.17) is 0 Å². The predicted octanol–water partition coefficient (Wildman–Crippen LogP) is 2.33. The van der Waals surface area contributed by atoms with E-state index in [2.05, 4.69) is 5.32 Å². The standard InChI is InChI=1S/C16H28N2O2/c1-4-13-16(20)18(10-12-8-6-5-7-9-12)14(11(2)3)15(19)17-13/h11-14H,4-10H2,1-3H3,(H,17,19). The lowest BCUT2D eigenvalue weighted by Gasteiger charge is -2.42. The van der Waals surface area contributed by atoms with Gasteiger partial charge in [0.15, 0.2) is 0 Å². The minimum Gasteiger partial charge on any atom is -0.343 e. The molecule has 1 aliphatic heterocycles. The van der Waals surface area contributed by atoms with Crippen LogP contribution in [0.4, 0.5) is 0 Å². The van der Waals surface area contributed by atoms with Gasteiger partial charge < -0.3 is 10.2 Å². The van der Waals surface area contributed by atoms with Crippen LogP contribution < -0.4 is 5.32 Å². The van der Waals surface area contributed by atoms with E-state index < -0.39 is 0 Å². The van der Waals surface area contributed by atoms with Crippen LogP contribution in [0.15, 0.2) is 0 Å². The Balaban J connectivity index is 2.13. The molecule has 2 atom stereocenters. The summed E-state index contributed by atoms with van der Waals surface area (Å²) in [5.74, 6) is 0.899. The van der Waals surface area contributed by atoms with Gasteiger partial charge in [0.2, 0.25) is 11.8 Å². The predicted molar refractivity (Wildman–Crippen MR) is 79.1 cm³/mol. The second-order valence-electron chi connectivity index (χ2n) is 6.65. The molecule has 0 aromatic carbocycles. The van der Waals surface area contributed by atoms with Gasteiger partial charge in [-0.1, -0.05) is 40.0 Å². The van der Waals surface area contributed by atoms with Crippen LogP contribution in [0.5, 0.6) is 0 Å². The second kappa shape index (κ2) is 6.59. The molecule has 0 spiro atoms. The molecule has 1 heterocycles. The molecular formula is C16H28N2O2. The first kappa shape index (κ1) is 15.3. The Morgan fingerprint density at radius 3 is 2.40 bits per heavy atom. The van der Waals surface area contributed by atoms with Crippen molar-refractivity contribution < 1.29 is 9.59 Å². The third-order valence-electron chi connectivity index (χ3n) is 4.72. The number of nitrogens with zero attached hydrogens (tertiary/aromatic N) is 1. The highest BCUT2D eigenvalue weighted by atomic mass is 16.2. The molecule has 2 aliphatic rings. The minimum atomic E-state index is -0.318. The average Bonchev–Trinajstić information content (AvgIpc) is 2.43. The summed E-state index contributed by atoms with van der Waals surface area (Å²) in [4.78, 5) is 26.8. The number of carbonyl (C=O) groups excluding carboxylic acids is 2. The number of rotatable bonds is 4. The Bertz CT molecular complexity index is 361. The van der Waals surface area contributed by atoms with Gasteiger partial charge in [0.1, 0.15) is 12.1 Å². The van der Waals surface area contributed by atoms with E-state index in [0.717, 1.165) is 6.54 Å². The van der Waals surface area contributed by atoms with Gasteiger partial charge in [0.05, 0.1) is 0 Å². The van der Waals surface area contributed by atoms with E-state index in [1.165, 1.54) is 32.1 Å². The van der Waals surface area contributed by atoms with E-state index in [1.54, 1.807) is 0 Å². The topological polar surface area (TPSA) is 49.4 Å². The SMILES string of the molecule is CCC1NC(=O)C(C(C)C)N(CC2CCCCC2)C1=O. The van der Waals surface area contributed by atoms with Crippen molar-refractivity contribution in [2.75, 3.05) is 6.54 Å². The summed E-state index contributed by atoms with van der Waals surface area (Å²) in [7, 11) is 0. The molecule has 1 aliphatic carbocycles. The molecule has 0 aromatic heterocycles. The molecule has 114 valence electrons. The van der Waals surface area contributed by atoms with Crippen LogP contribution in [0, 0.1) is 11.8 Å². The van der Waals surface area contributed by atoms with Crippen LogP contribution in [0.2, 0.25) is 0 Å². The van der Waals surface area contributed by atoms with Crippen molar-refractivity contribution >= 4 is 11.8 Å². The maximum Gasteiger partial charge on any atom is 0.245 e. The van der Waals surface area contributed by atoms with Gasteiger partial charge >= 0.3 is 0 Å². The van der Waals surface area contributed by atoms with E-state index >= 15 is 0 Å². The van der Waals surface area contributed by atoms with Gasteiger partial charge in [-0.3, -0.25) is 9.59 Å². The molecule has 2 fully saturated rings. The van der Waals surface area contributed by atoms with Crippen molar-refractivity contribution in [1.82, 2.24) is 10.2 Å². The van der Waals surface area contributed by atoms with E-state index in [-0.39, 0.29) is 29.8 Å². The van der Waals surface area contributed by atoms with E-state index in [1.807, 2.05) is 25.7 Å². The molecule has 0 aromatic rings. The van der Waals surface area contributed by atoms with Crippen LogP contribution >= 0.6 is 0 Å². The first-order valence-electron chi connectivity index (χ1n) is 8.15. The summed E-state index contributed by atoms with van der Waals surface area (Å²) in [5.41, 5.74) is 0.